The molecular weight excluding hydrogens is 294 g/mol. The monoisotopic (exact) mass is 319 g/mol. The molecule has 2 aliphatic heterocycles. The molecule has 2 saturated heterocycles. The Morgan fingerprint density at radius 2 is 2.04 bits per heavy atom. The first-order valence-corrected chi connectivity index (χ1v) is 8.61. The van der Waals surface area contributed by atoms with E-state index in [0.29, 0.717) is 12.4 Å². The van der Waals surface area contributed by atoms with Crippen molar-refractivity contribution in [3.8, 4) is 6.01 Å². The van der Waals surface area contributed by atoms with E-state index in [2.05, 4.69) is 16.9 Å². The van der Waals surface area contributed by atoms with Gasteiger partial charge >= 0.3 is 6.01 Å². The number of likely N-dealkylation sites (tertiary alicyclic amines) is 1. The van der Waals surface area contributed by atoms with Crippen LogP contribution in [-0.4, -0.2) is 52.7 Å². The second-order valence-electron chi connectivity index (χ2n) is 6.26. The van der Waals surface area contributed by atoms with Gasteiger partial charge in [-0.1, -0.05) is 6.92 Å². The van der Waals surface area contributed by atoms with Crippen molar-refractivity contribution in [2.75, 3.05) is 19.7 Å². The van der Waals surface area contributed by atoms with Crippen LogP contribution >= 0.6 is 0 Å². The first-order valence-electron chi connectivity index (χ1n) is 8.61. The number of hydrogen-bond acceptors (Lipinski definition) is 5. The number of aromatic nitrogens is 2. The number of hydrogen-bond donors (Lipinski definition) is 0. The van der Waals surface area contributed by atoms with Crippen molar-refractivity contribution in [2.45, 2.75) is 57.7 Å². The lowest BCUT2D eigenvalue weighted by Crippen LogP contribution is -2.42. The number of piperidine rings is 1. The van der Waals surface area contributed by atoms with Crippen molar-refractivity contribution in [1.29, 1.82) is 0 Å². The summed E-state index contributed by atoms with van der Waals surface area (Å²) in [6.45, 7) is 4.35. The number of aryl methyl sites for hydroxylation is 1. The SMILES string of the molecule is CCc1cnc(OC2CCN(C(=O)CC3CCCO3)CC2)nc1. The highest BCUT2D eigenvalue weighted by atomic mass is 16.5. The molecule has 23 heavy (non-hydrogen) atoms. The topological polar surface area (TPSA) is 64.5 Å². The zero-order valence-corrected chi connectivity index (χ0v) is 13.7. The molecule has 1 atom stereocenters. The molecule has 0 aliphatic carbocycles. The third-order valence-electron chi connectivity index (χ3n) is 4.58. The van der Waals surface area contributed by atoms with Crippen LogP contribution in [0.2, 0.25) is 0 Å². The van der Waals surface area contributed by atoms with Gasteiger partial charge in [0.05, 0.1) is 12.5 Å². The van der Waals surface area contributed by atoms with E-state index < -0.39 is 0 Å². The van der Waals surface area contributed by atoms with Crippen molar-refractivity contribution < 1.29 is 14.3 Å². The zero-order chi connectivity index (χ0) is 16.1. The number of nitrogens with zero attached hydrogens (tertiary/aromatic N) is 3. The molecule has 0 saturated carbocycles. The summed E-state index contributed by atoms with van der Waals surface area (Å²) >= 11 is 0. The van der Waals surface area contributed by atoms with E-state index in [1.807, 2.05) is 17.3 Å². The summed E-state index contributed by atoms with van der Waals surface area (Å²) in [6.07, 6.45) is 9.02. The van der Waals surface area contributed by atoms with Crippen LogP contribution in [0.15, 0.2) is 12.4 Å². The highest BCUT2D eigenvalue weighted by molar-refractivity contribution is 5.76. The lowest BCUT2D eigenvalue weighted by molar-refractivity contribution is -0.135. The van der Waals surface area contributed by atoms with Crippen molar-refractivity contribution in [1.82, 2.24) is 14.9 Å². The van der Waals surface area contributed by atoms with Crippen molar-refractivity contribution in [3.63, 3.8) is 0 Å². The van der Waals surface area contributed by atoms with Crippen molar-refractivity contribution in [2.24, 2.45) is 0 Å². The molecule has 2 fully saturated rings. The number of rotatable bonds is 5. The molecular formula is C17H25N3O3. The maximum Gasteiger partial charge on any atom is 0.316 e. The summed E-state index contributed by atoms with van der Waals surface area (Å²) in [5.74, 6) is 0.207. The molecule has 2 aliphatic rings. The van der Waals surface area contributed by atoms with Crippen LogP contribution in [0.5, 0.6) is 6.01 Å². The van der Waals surface area contributed by atoms with Crippen LogP contribution in [0.3, 0.4) is 0 Å². The van der Waals surface area contributed by atoms with Crippen LogP contribution in [0, 0.1) is 0 Å². The summed E-state index contributed by atoms with van der Waals surface area (Å²) in [5, 5.41) is 0. The molecule has 1 aromatic rings. The molecule has 0 N–H and O–H groups in total. The van der Waals surface area contributed by atoms with Gasteiger partial charge in [0.1, 0.15) is 6.10 Å². The Bertz CT molecular complexity index is 506. The Hall–Kier alpha value is -1.69. The third kappa shape index (κ3) is 4.41. The van der Waals surface area contributed by atoms with Crippen LogP contribution < -0.4 is 4.74 Å². The van der Waals surface area contributed by atoms with Gasteiger partial charge in [0.25, 0.3) is 0 Å². The Balaban J connectivity index is 1.43. The standard InChI is InChI=1S/C17H25N3O3/c1-2-13-11-18-17(19-12-13)23-14-5-7-20(8-6-14)16(21)10-15-4-3-9-22-15/h11-12,14-15H,2-10H2,1H3. The van der Waals surface area contributed by atoms with Gasteiger partial charge in [0.15, 0.2) is 0 Å². The molecule has 0 aromatic carbocycles. The van der Waals surface area contributed by atoms with Crippen molar-refractivity contribution in [3.05, 3.63) is 18.0 Å². The summed E-state index contributed by atoms with van der Waals surface area (Å²) in [4.78, 5) is 22.7. The predicted molar refractivity (Wildman–Crippen MR) is 85.2 cm³/mol. The van der Waals surface area contributed by atoms with Gasteiger partial charge in [-0.3, -0.25) is 4.79 Å². The molecule has 6 nitrogen and oxygen atoms in total. The van der Waals surface area contributed by atoms with Gasteiger partial charge in [0.2, 0.25) is 5.91 Å². The number of ether oxygens (including phenoxy) is 2. The number of amides is 1. The van der Waals surface area contributed by atoms with Crippen LogP contribution in [0.4, 0.5) is 0 Å². The summed E-state index contributed by atoms with van der Waals surface area (Å²) in [6, 6.07) is 0.436. The minimum atomic E-state index is 0.0919. The highest BCUT2D eigenvalue weighted by Gasteiger charge is 2.27. The smallest absolute Gasteiger partial charge is 0.316 e. The van der Waals surface area contributed by atoms with Gasteiger partial charge in [-0.15, -0.1) is 0 Å². The summed E-state index contributed by atoms with van der Waals surface area (Å²) in [5.41, 5.74) is 1.10. The first-order chi connectivity index (χ1) is 11.2. The van der Waals surface area contributed by atoms with E-state index >= 15 is 0 Å². The normalized spacial score (nSPS) is 22.3. The molecule has 1 unspecified atom stereocenters. The maximum atomic E-state index is 12.3. The van der Waals surface area contributed by atoms with Crippen molar-refractivity contribution >= 4 is 5.91 Å². The summed E-state index contributed by atoms with van der Waals surface area (Å²) < 4.78 is 11.4. The summed E-state index contributed by atoms with van der Waals surface area (Å²) in [7, 11) is 0. The fraction of sp³-hybridized carbons (Fsp3) is 0.706. The van der Waals surface area contributed by atoms with E-state index in [-0.39, 0.29) is 18.1 Å². The van der Waals surface area contributed by atoms with E-state index in [4.69, 9.17) is 9.47 Å². The largest absolute Gasteiger partial charge is 0.460 e. The quantitative estimate of drug-likeness (QED) is 0.830. The molecule has 1 amide bonds. The fourth-order valence-electron chi connectivity index (χ4n) is 3.09. The fourth-order valence-corrected chi connectivity index (χ4v) is 3.09. The minimum absolute atomic E-state index is 0.0919. The molecule has 6 heteroatoms. The molecule has 3 rings (SSSR count). The van der Waals surface area contributed by atoms with Gasteiger partial charge in [-0.05, 0) is 24.8 Å². The Morgan fingerprint density at radius 1 is 1.30 bits per heavy atom. The Labute approximate surface area is 137 Å². The lowest BCUT2D eigenvalue weighted by atomic mass is 10.1. The van der Waals surface area contributed by atoms with E-state index in [9.17, 15) is 4.79 Å². The maximum absolute atomic E-state index is 12.3. The number of carbonyl (C=O) groups is 1. The molecule has 0 bridgehead atoms. The minimum Gasteiger partial charge on any atom is -0.460 e. The predicted octanol–water partition coefficient (Wildman–Crippen LogP) is 1.98. The van der Waals surface area contributed by atoms with E-state index in [0.717, 1.165) is 57.4 Å². The van der Waals surface area contributed by atoms with Gasteiger partial charge in [0, 0.05) is 44.9 Å². The second kappa shape index (κ2) is 7.73. The first kappa shape index (κ1) is 16.2. The highest BCUT2D eigenvalue weighted by Crippen LogP contribution is 2.20. The van der Waals surface area contributed by atoms with E-state index in [1.54, 1.807) is 0 Å². The molecule has 3 heterocycles. The van der Waals surface area contributed by atoms with Gasteiger partial charge in [-0.25, -0.2) is 9.97 Å². The average molecular weight is 319 g/mol. The molecule has 0 spiro atoms. The second-order valence-corrected chi connectivity index (χ2v) is 6.26. The Morgan fingerprint density at radius 3 is 2.65 bits per heavy atom. The van der Waals surface area contributed by atoms with Crippen LogP contribution in [0.1, 0.15) is 44.6 Å². The van der Waals surface area contributed by atoms with Crippen LogP contribution in [0.25, 0.3) is 0 Å². The Kier molecular flexibility index (Phi) is 5.43. The molecule has 0 radical (unpaired) electrons. The average Bonchev–Trinajstić information content (AvgIpc) is 3.09. The third-order valence-corrected chi connectivity index (χ3v) is 4.58. The molecule has 126 valence electrons. The number of carbonyl (C=O) groups excluding carboxylic acids is 1. The lowest BCUT2D eigenvalue weighted by Gasteiger charge is -2.32. The molecule has 1 aromatic heterocycles. The van der Waals surface area contributed by atoms with Gasteiger partial charge < -0.3 is 14.4 Å². The zero-order valence-electron chi connectivity index (χ0n) is 13.7. The van der Waals surface area contributed by atoms with Crippen LogP contribution in [-0.2, 0) is 16.0 Å². The van der Waals surface area contributed by atoms with Gasteiger partial charge in [-0.2, -0.15) is 0 Å². The van der Waals surface area contributed by atoms with E-state index in [1.165, 1.54) is 0 Å².